The third-order valence-corrected chi connectivity index (χ3v) is 8.16. The van der Waals surface area contributed by atoms with Gasteiger partial charge in [-0.25, -0.2) is 0 Å². The Morgan fingerprint density at radius 1 is 0.827 bits per heavy atom. The molecule has 0 aliphatic carbocycles. The number of carbonyl (C=O) groups is 5. The van der Waals surface area contributed by atoms with Gasteiger partial charge in [0.2, 0.25) is 23.6 Å². The van der Waals surface area contributed by atoms with Gasteiger partial charge in [-0.15, -0.1) is 0 Å². The summed E-state index contributed by atoms with van der Waals surface area (Å²) < 4.78 is 141. The van der Waals surface area contributed by atoms with E-state index in [4.69, 9.17) is 26.7 Å². The molecule has 284 valence electrons. The highest BCUT2D eigenvalue weighted by Gasteiger charge is 2.50. The van der Waals surface area contributed by atoms with Crippen molar-refractivity contribution in [2.45, 2.75) is 96.3 Å². The lowest BCUT2D eigenvalue weighted by Crippen LogP contribution is -2.59. The van der Waals surface area contributed by atoms with Crippen molar-refractivity contribution in [2.24, 2.45) is 11.8 Å². The molecule has 2 heterocycles. The quantitative estimate of drug-likeness (QED) is 0.151. The molecule has 2 aliphatic rings. The molecule has 4 N–H and O–H groups in total. The lowest BCUT2D eigenvalue weighted by Gasteiger charge is -2.29. The SMILES string of the molecule is [2H]C([2H])([2H])C([2H])(C[C@H](NC(=O)[C@H](CCc1ccccc1)NC(=O)CN1C([2H])([2H])C([2H])([2H])OC([2H])([2H])C1([2H])[2H])C(=O)N[C@@H](Cc1ccccc1)C(=O)N[C@]([2H])(CC(C)C)C(=O)[C@@]1(C)CO1)C([2H])([2H])[2H]. The first-order valence-electron chi connectivity index (χ1n) is 24.9. The highest BCUT2D eigenvalue weighted by molar-refractivity contribution is 5.98. The fourth-order valence-electron chi connectivity index (χ4n) is 5.32. The van der Waals surface area contributed by atoms with E-state index in [1.54, 1.807) is 74.5 Å². The van der Waals surface area contributed by atoms with Crippen LogP contribution in [0.15, 0.2) is 60.7 Å². The van der Waals surface area contributed by atoms with Crippen LogP contribution in [-0.4, -0.2) is 103 Å². The summed E-state index contributed by atoms with van der Waals surface area (Å²) in [6.45, 7) is -18.0. The minimum Gasteiger partial charge on any atom is -0.379 e. The molecule has 0 bridgehead atoms. The predicted molar refractivity (Wildman–Crippen MR) is 198 cm³/mol. The Balaban J connectivity index is 1.76. The summed E-state index contributed by atoms with van der Waals surface area (Å²) in [4.78, 5) is 70.5. The Morgan fingerprint density at radius 3 is 2.00 bits per heavy atom. The number of amides is 4. The number of nitrogens with one attached hydrogen (secondary N) is 4. The van der Waals surface area contributed by atoms with Gasteiger partial charge >= 0.3 is 0 Å². The van der Waals surface area contributed by atoms with Crippen molar-refractivity contribution in [3.63, 3.8) is 0 Å². The minimum absolute atomic E-state index is 0.0132. The van der Waals surface area contributed by atoms with Gasteiger partial charge in [-0.05, 0) is 55.5 Å². The first kappa shape index (κ1) is 23.5. The second-order valence-corrected chi connectivity index (χ2v) is 13.2. The monoisotopic (exact) mass is 736 g/mol. The molecule has 12 nitrogen and oxygen atoms in total. The highest BCUT2D eigenvalue weighted by atomic mass is 16.6. The maximum Gasteiger partial charge on any atom is 0.243 e. The van der Waals surface area contributed by atoms with Crippen LogP contribution >= 0.6 is 0 Å². The number of carbonyl (C=O) groups excluding carboxylic acids is 5. The van der Waals surface area contributed by atoms with Gasteiger partial charge in [0.25, 0.3) is 0 Å². The molecule has 2 aromatic rings. The number of hydrogen-bond donors (Lipinski definition) is 4. The van der Waals surface area contributed by atoms with Crippen LogP contribution < -0.4 is 21.3 Å². The number of aryl methyl sites for hydroxylation is 1. The second kappa shape index (κ2) is 19.6. The minimum atomic E-state index is -3.65. The number of hydrogen-bond acceptors (Lipinski definition) is 8. The van der Waals surface area contributed by atoms with E-state index in [2.05, 4.69) is 26.0 Å². The van der Waals surface area contributed by atoms with E-state index in [1.165, 1.54) is 6.92 Å². The number of ether oxygens (including phenoxy) is 2. The normalized spacial score (nSPS) is 29.3. The molecule has 5 atom stereocenters. The molecule has 4 amide bonds. The third-order valence-electron chi connectivity index (χ3n) is 8.16. The van der Waals surface area contributed by atoms with Crippen LogP contribution in [0.5, 0.6) is 0 Å². The first-order valence-corrected chi connectivity index (χ1v) is 16.9. The van der Waals surface area contributed by atoms with Gasteiger partial charge in [-0.3, -0.25) is 28.9 Å². The molecular formula is C40H57N5O7. The van der Waals surface area contributed by atoms with Gasteiger partial charge in [0.15, 0.2) is 5.78 Å². The maximum absolute atomic E-state index is 14.6. The van der Waals surface area contributed by atoms with Crippen molar-refractivity contribution in [1.82, 2.24) is 26.2 Å². The lowest BCUT2D eigenvalue weighted by molar-refractivity contribution is -0.135. The maximum atomic E-state index is 14.6. The van der Waals surface area contributed by atoms with Crippen molar-refractivity contribution in [1.29, 1.82) is 0 Å². The number of benzene rings is 2. The summed E-state index contributed by atoms with van der Waals surface area (Å²) >= 11 is 0. The van der Waals surface area contributed by atoms with Gasteiger partial charge in [0, 0.05) is 34.5 Å². The first-order chi connectivity index (χ1) is 30.9. The van der Waals surface area contributed by atoms with Crippen LogP contribution in [0.2, 0.25) is 0 Å². The zero-order valence-corrected chi connectivity index (χ0v) is 29.3. The van der Waals surface area contributed by atoms with E-state index >= 15 is 0 Å². The Bertz CT molecular complexity index is 2100. The average molecular weight is 736 g/mol. The molecule has 0 unspecified atom stereocenters. The highest BCUT2D eigenvalue weighted by Crippen LogP contribution is 2.29. The van der Waals surface area contributed by atoms with Crippen LogP contribution in [0.3, 0.4) is 0 Å². The molecule has 12 heteroatoms. The summed E-state index contributed by atoms with van der Waals surface area (Å²) in [6, 6.07) is 8.17. The van der Waals surface area contributed by atoms with Crippen LogP contribution in [-0.2, 0) is 46.3 Å². The van der Waals surface area contributed by atoms with Gasteiger partial charge in [0.05, 0.1) is 39.1 Å². The van der Waals surface area contributed by atoms with Crippen LogP contribution in [0.1, 0.15) is 86.8 Å². The zero-order valence-electron chi connectivity index (χ0n) is 45.3. The topological polar surface area (TPSA) is 158 Å². The summed E-state index contributed by atoms with van der Waals surface area (Å²) in [5, 5.41) is 9.28. The van der Waals surface area contributed by atoms with Crippen LogP contribution in [0.25, 0.3) is 0 Å². The standard InChI is InChI=1S/C40H57N5O7/c1-27(2)22-32(36(47)40(5)26-52-40)42-39(50)34(24-30-14-10-7-11-15-30)44-38(49)33(23-28(3)4)43-37(48)31(17-16-29-12-8-6-9-13-29)41-35(46)25-45-18-20-51-21-19-45/h6-15,27-28,31-34H,16-26H2,1-5H3,(H,41,46)(H,42,50)(H,43,48)(H,44,49)/t31-,32+,33-,34-,40+/m0/s1/i3D3,4D3,18D2,19D2,20D2,21D2,28D,32D. The summed E-state index contributed by atoms with van der Waals surface area (Å²) in [5.74, 6) is -9.78. The molecule has 2 aromatic carbocycles. The fourth-order valence-corrected chi connectivity index (χ4v) is 5.32. The summed E-state index contributed by atoms with van der Waals surface area (Å²) in [5.41, 5.74) is -0.368. The number of ketones is 1. The number of epoxide rings is 1. The molecule has 0 aromatic heterocycles. The smallest absolute Gasteiger partial charge is 0.243 e. The van der Waals surface area contributed by atoms with Crippen LogP contribution in [0, 0.1) is 11.8 Å². The van der Waals surface area contributed by atoms with E-state index in [-0.39, 0.29) is 43.1 Å². The second-order valence-electron chi connectivity index (χ2n) is 13.2. The molecule has 2 fully saturated rings. The Kier molecular flexibility index (Phi) is 8.88. The molecule has 0 radical (unpaired) electrons. The number of rotatable bonds is 20. The molecule has 4 rings (SSSR count). The third kappa shape index (κ3) is 13.1. The predicted octanol–water partition coefficient (Wildman–Crippen LogP) is 2.58. The molecule has 2 saturated heterocycles. The van der Waals surface area contributed by atoms with Crippen molar-refractivity contribution in [3.05, 3.63) is 71.8 Å². The average Bonchev–Trinajstić information content (AvgIpc) is 3.96. The summed E-state index contributed by atoms with van der Waals surface area (Å²) in [7, 11) is 0. The van der Waals surface area contributed by atoms with E-state index in [9.17, 15) is 24.0 Å². The van der Waals surface area contributed by atoms with Crippen molar-refractivity contribution in [2.75, 3.05) is 39.3 Å². The molecule has 0 spiro atoms. The van der Waals surface area contributed by atoms with Crippen molar-refractivity contribution < 1.29 is 55.4 Å². The van der Waals surface area contributed by atoms with Gasteiger partial charge in [-0.1, -0.05) is 88.2 Å². The zero-order chi connectivity index (χ0) is 51.7. The number of nitrogens with zero attached hydrogens (tertiary/aromatic N) is 1. The van der Waals surface area contributed by atoms with E-state index in [0.717, 1.165) is 0 Å². The molecule has 0 saturated carbocycles. The molecular weight excluding hydrogens is 662 g/mol. The Hall–Kier alpha value is -4.13. The molecule has 52 heavy (non-hydrogen) atoms. The lowest BCUT2D eigenvalue weighted by atomic mass is 9.93. The Morgan fingerprint density at radius 2 is 1.40 bits per heavy atom. The van der Waals surface area contributed by atoms with E-state index in [0.29, 0.717) is 11.1 Å². The van der Waals surface area contributed by atoms with Crippen molar-refractivity contribution in [3.8, 4) is 0 Å². The number of Topliss-reactive ketones (excluding diaryl/α,β-unsaturated/α-hetero) is 1. The summed E-state index contributed by atoms with van der Waals surface area (Å²) in [6.07, 6.45) is -2.37. The Labute approximate surface area is 330 Å². The molecule has 2 aliphatic heterocycles. The van der Waals surface area contributed by atoms with Gasteiger partial charge in [0.1, 0.15) is 23.7 Å². The largest absolute Gasteiger partial charge is 0.379 e. The van der Waals surface area contributed by atoms with Gasteiger partial charge in [-0.2, -0.15) is 0 Å². The van der Waals surface area contributed by atoms with E-state index < -0.39 is 118 Å². The van der Waals surface area contributed by atoms with Crippen molar-refractivity contribution >= 4 is 29.4 Å². The number of morpholine rings is 1. The fraction of sp³-hybridized carbons (Fsp3) is 0.575. The van der Waals surface area contributed by atoms with E-state index in [1.807, 2.05) is 0 Å². The van der Waals surface area contributed by atoms with Gasteiger partial charge < -0.3 is 30.7 Å². The van der Waals surface area contributed by atoms with Crippen LogP contribution in [0.4, 0.5) is 0 Å².